The van der Waals surface area contributed by atoms with E-state index in [0.29, 0.717) is 17.3 Å². The fourth-order valence-corrected chi connectivity index (χ4v) is 2.54. The van der Waals surface area contributed by atoms with Crippen LogP contribution in [0.15, 0.2) is 12.1 Å². The SMILES string of the molecule is CCCC(NCC(=O)NCc1ccc(Cl)s1)C(=O)O. The van der Waals surface area contributed by atoms with Crippen LogP contribution in [0.1, 0.15) is 24.6 Å². The summed E-state index contributed by atoms with van der Waals surface area (Å²) in [6.07, 6.45) is 1.25. The molecule has 1 unspecified atom stereocenters. The van der Waals surface area contributed by atoms with E-state index in [4.69, 9.17) is 16.7 Å². The number of carboxylic acid groups (broad SMARTS) is 1. The second-order valence-corrected chi connectivity index (χ2v) is 5.84. The number of carbonyl (C=O) groups is 2. The van der Waals surface area contributed by atoms with Gasteiger partial charge in [-0.05, 0) is 18.6 Å². The number of hydrogen-bond acceptors (Lipinski definition) is 4. The van der Waals surface area contributed by atoms with Crippen LogP contribution in [0.5, 0.6) is 0 Å². The van der Waals surface area contributed by atoms with Gasteiger partial charge >= 0.3 is 5.97 Å². The number of hydrogen-bond donors (Lipinski definition) is 3. The zero-order valence-electron chi connectivity index (χ0n) is 10.6. The molecule has 1 aromatic rings. The van der Waals surface area contributed by atoms with Crippen LogP contribution in [-0.2, 0) is 16.1 Å². The van der Waals surface area contributed by atoms with Gasteiger partial charge in [-0.2, -0.15) is 0 Å². The number of rotatable bonds is 8. The molecule has 0 aliphatic carbocycles. The highest BCUT2D eigenvalue weighted by Gasteiger charge is 2.16. The third-order valence-corrected chi connectivity index (χ3v) is 3.70. The standard InChI is InChI=1S/C12H17ClN2O3S/c1-2-3-9(12(17)18)14-7-11(16)15-6-8-4-5-10(13)19-8/h4-5,9,14H,2-3,6-7H2,1H3,(H,15,16)(H,17,18). The van der Waals surface area contributed by atoms with Gasteiger partial charge in [0, 0.05) is 4.88 Å². The van der Waals surface area contributed by atoms with E-state index in [9.17, 15) is 9.59 Å². The maximum Gasteiger partial charge on any atom is 0.320 e. The molecular formula is C12H17ClN2O3S. The lowest BCUT2D eigenvalue weighted by molar-refractivity contribution is -0.139. The number of thiophene rings is 1. The van der Waals surface area contributed by atoms with Crippen LogP contribution >= 0.6 is 22.9 Å². The highest BCUT2D eigenvalue weighted by molar-refractivity contribution is 7.16. The fraction of sp³-hybridized carbons (Fsp3) is 0.500. The summed E-state index contributed by atoms with van der Waals surface area (Å²) in [6, 6.07) is 2.94. The molecule has 19 heavy (non-hydrogen) atoms. The summed E-state index contributed by atoms with van der Waals surface area (Å²) >= 11 is 7.18. The quantitative estimate of drug-likeness (QED) is 0.685. The van der Waals surface area contributed by atoms with Crippen LogP contribution in [0.3, 0.4) is 0 Å². The van der Waals surface area contributed by atoms with Gasteiger partial charge in [-0.15, -0.1) is 11.3 Å². The van der Waals surface area contributed by atoms with E-state index >= 15 is 0 Å². The Hall–Kier alpha value is -1.11. The highest BCUT2D eigenvalue weighted by atomic mass is 35.5. The topological polar surface area (TPSA) is 78.4 Å². The molecule has 5 nitrogen and oxygen atoms in total. The fourth-order valence-electron chi connectivity index (χ4n) is 1.51. The molecule has 0 aromatic carbocycles. The number of nitrogens with one attached hydrogen (secondary N) is 2. The Morgan fingerprint density at radius 3 is 2.74 bits per heavy atom. The van der Waals surface area contributed by atoms with E-state index in [1.54, 1.807) is 6.07 Å². The van der Waals surface area contributed by atoms with Gasteiger partial charge in [0.25, 0.3) is 0 Å². The largest absolute Gasteiger partial charge is 0.480 e. The first-order valence-electron chi connectivity index (χ1n) is 6.00. The third kappa shape index (κ3) is 6.04. The van der Waals surface area contributed by atoms with Gasteiger partial charge in [-0.1, -0.05) is 24.9 Å². The predicted molar refractivity (Wildman–Crippen MR) is 75.5 cm³/mol. The number of halogens is 1. The van der Waals surface area contributed by atoms with E-state index in [1.165, 1.54) is 11.3 Å². The monoisotopic (exact) mass is 304 g/mol. The Morgan fingerprint density at radius 2 is 2.21 bits per heavy atom. The number of carboxylic acids is 1. The molecule has 0 fully saturated rings. The molecule has 0 spiro atoms. The average Bonchev–Trinajstić information content (AvgIpc) is 2.77. The molecule has 7 heteroatoms. The maximum absolute atomic E-state index is 11.6. The molecular weight excluding hydrogens is 288 g/mol. The Bertz CT molecular complexity index is 436. The zero-order valence-corrected chi connectivity index (χ0v) is 12.2. The summed E-state index contributed by atoms with van der Waals surface area (Å²) in [5.74, 6) is -1.16. The van der Waals surface area contributed by atoms with E-state index in [1.807, 2.05) is 13.0 Å². The van der Waals surface area contributed by atoms with E-state index in [2.05, 4.69) is 10.6 Å². The first kappa shape index (κ1) is 15.9. The third-order valence-electron chi connectivity index (χ3n) is 2.47. The molecule has 1 atom stereocenters. The first-order chi connectivity index (χ1) is 9.02. The van der Waals surface area contributed by atoms with Crippen molar-refractivity contribution in [1.29, 1.82) is 0 Å². The molecule has 1 amide bonds. The van der Waals surface area contributed by atoms with Crippen LogP contribution in [0, 0.1) is 0 Å². The van der Waals surface area contributed by atoms with Gasteiger partial charge in [0.1, 0.15) is 6.04 Å². The van der Waals surface area contributed by atoms with Crippen molar-refractivity contribution in [3.63, 3.8) is 0 Å². The van der Waals surface area contributed by atoms with Crippen molar-refractivity contribution in [3.8, 4) is 0 Å². The van der Waals surface area contributed by atoms with Gasteiger partial charge in [0.2, 0.25) is 5.91 Å². The molecule has 0 aliphatic heterocycles. The van der Waals surface area contributed by atoms with Gasteiger partial charge in [0.15, 0.2) is 0 Å². The van der Waals surface area contributed by atoms with Gasteiger partial charge in [-0.3, -0.25) is 14.9 Å². The second kappa shape index (κ2) is 8.14. The molecule has 0 bridgehead atoms. The highest BCUT2D eigenvalue weighted by Crippen LogP contribution is 2.20. The second-order valence-electron chi connectivity index (χ2n) is 4.04. The van der Waals surface area contributed by atoms with Crippen molar-refractivity contribution in [2.24, 2.45) is 0 Å². The van der Waals surface area contributed by atoms with Crippen molar-refractivity contribution in [1.82, 2.24) is 10.6 Å². The lowest BCUT2D eigenvalue weighted by Gasteiger charge is -2.13. The molecule has 1 aromatic heterocycles. The minimum Gasteiger partial charge on any atom is -0.480 e. The first-order valence-corrected chi connectivity index (χ1v) is 7.19. The van der Waals surface area contributed by atoms with Crippen LogP contribution in [0.4, 0.5) is 0 Å². The number of amides is 1. The minimum absolute atomic E-state index is 0.00389. The van der Waals surface area contributed by atoms with Crippen molar-refractivity contribution in [2.45, 2.75) is 32.4 Å². The molecule has 0 saturated heterocycles. The van der Waals surface area contributed by atoms with Crippen molar-refractivity contribution in [2.75, 3.05) is 6.54 Å². The summed E-state index contributed by atoms with van der Waals surface area (Å²) in [4.78, 5) is 23.4. The molecule has 0 saturated carbocycles. The van der Waals surface area contributed by atoms with Crippen molar-refractivity contribution < 1.29 is 14.7 Å². The lowest BCUT2D eigenvalue weighted by Crippen LogP contribution is -2.42. The normalized spacial score (nSPS) is 12.1. The van der Waals surface area contributed by atoms with Gasteiger partial charge in [0.05, 0.1) is 17.4 Å². The predicted octanol–water partition coefficient (Wildman–Crippen LogP) is 1.86. The van der Waals surface area contributed by atoms with E-state index < -0.39 is 12.0 Å². The maximum atomic E-state index is 11.6. The molecule has 0 aliphatic rings. The average molecular weight is 305 g/mol. The summed E-state index contributed by atoms with van der Waals surface area (Å²) in [5.41, 5.74) is 0. The minimum atomic E-state index is -0.931. The summed E-state index contributed by atoms with van der Waals surface area (Å²) in [6.45, 7) is 2.30. The van der Waals surface area contributed by atoms with Crippen LogP contribution in [-0.4, -0.2) is 29.6 Å². The van der Waals surface area contributed by atoms with Crippen molar-refractivity contribution in [3.05, 3.63) is 21.3 Å². The van der Waals surface area contributed by atoms with Crippen molar-refractivity contribution >= 4 is 34.8 Å². The van der Waals surface area contributed by atoms with Crippen LogP contribution in [0.2, 0.25) is 4.34 Å². The smallest absolute Gasteiger partial charge is 0.320 e. The molecule has 3 N–H and O–H groups in total. The summed E-state index contributed by atoms with van der Waals surface area (Å²) in [5, 5.41) is 14.4. The molecule has 0 radical (unpaired) electrons. The Balaban J connectivity index is 2.28. The summed E-state index contributed by atoms with van der Waals surface area (Å²) in [7, 11) is 0. The lowest BCUT2D eigenvalue weighted by atomic mass is 10.2. The number of carbonyl (C=O) groups excluding carboxylic acids is 1. The van der Waals surface area contributed by atoms with Crippen LogP contribution < -0.4 is 10.6 Å². The Kier molecular flexibility index (Phi) is 6.83. The van der Waals surface area contributed by atoms with E-state index in [-0.39, 0.29) is 12.5 Å². The molecule has 1 rings (SSSR count). The van der Waals surface area contributed by atoms with E-state index in [0.717, 1.165) is 11.3 Å². The molecule has 1 heterocycles. The molecule has 106 valence electrons. The summed E-state index contributed by atoms with van der Waals surface area (Å²) < 4.78 is 0.677. The number of aliphatic carboxylic acids is 1. The Morgan fingerprint density at radius 1 is 1.47 bits per heavy atom. The zero-order chi connectivity index (χ0) is 14.3. The Labute approximate surface area is 121 Å². The van der Waals surface area contributed by atoms with Gasteiger partial charge < -0.3 is 10.4 Å². The van der Waals surface area contributed by atoms with Crippen LogP contribution in [0.25, 0.3) is 0 Å². The van der Waals surface area contributed by atoms with Gasteiger partial charge in [-0.25, -0.2) is 0 Å².